The van der Waals surface area contributed by atoms with Gasteiger partial charge < -0.3 is 5.11 Å². The quantitative estimate of drug-likeness (QED) is 0.638. The van der Waals surface area contributed by atoms with Crippen molar-refractivity contribution in [3.8, 4) is 5.75 Å². The van der Waals surface area contributed by atoms with Crippen molar-refractivity contribution >= 4 is 10.1 Å². The molecule has 1 aromatic rings. The van der Waals surface area contributed by atoms with Crippen LogP contribution in [0, 0.1) is 6.92 Å². The maximum atomic E-state index is 10.6. The minimum absolute atomic E-state index is 0.403. The van der Waals surface area contributed by atoms with Crippen LogP contribution in [0.15, 0.2) is 23.1 Å². The van der Waals surface area contributed by atoms with E-state index in [1.165, 1.54) is 6.07 Å². The first-order valence-electron chi connectivity index (χ1n) is 3.04. The zero-order chi connectivity index (χ0) is 9.35. The summed E-state index contributed by atoms with van der Waals surface area (Å²) in [5.41, 5.74) is 0.403. The number of rotatable bonds is 1. The number of benzene rings is 1. The van der Waals surface area contributed by atoms with Crippen molar-refractivity contribution in [3.63, 3.8) is 0 Å². The molecule has 0 bridgehead atoms. The van der Waals surface area contributed by atoms with Crippen molar-refractivity contribution in [1.29, 1.82) is 0 Å². The molecule has 0 saturated carbocycles. The highest BCUT2D eigenvalue weighted by molar-refractivity contribution is 7.86. The fourth-order valence-corrected chi connectivity index (χ4v) is 1.40. The molecule has 0 aliphatic rings. The normalized spacial score (nSPS) is 11.5. The van der Waals surface area contributed by atoms with E-state index in [-0.39, 0.29) is 0 Å². The van der Waals surface area contributed by atoms with Gasteiger partial charge >= 0.3 is 0 Å². The smallest absolute Gasteiger partial charge is 0.298 e. The summed E-state index contributed by atoms with van der Waals surface area (Å²) in [5.74, 6) is -0.482. The van der Waals surface area contributed by atoms with Crippen LogP contribution in [0.4, 0.5) is 0 Å². The predicted octanol–water partition coefficient (Wildman–Crippen LogP) is 0.821. The Hall–Kier alpha value is -1.07. The lowest BCUT2D eigenvalue weighted by Gasteiger charge is -2.00. The van der Waals surface area contributed by atoms with E-state index in [2.05, 4.69) is 6.92 Å². The van der Waals surface area contributed by atoms with Crippen molar-refractivity contribution in [1.82, 2.24) is 0 Å². The monoisotopic (exact) mass is 187 g/mol. The maximum Gasteiger partial charge on any atom is 0.298 e. The van der Waals surface area contributed by atoms with Gasteiger partial charge in [0.05, 0.1) is 0 Å². The van der Waals surface area contributed by atoms with E-state index < -0.39 is 20.8 Å². The first-order valence-corrected chi connectivity index (χ1v) is 4.48. The highest BCUT2D eigenvalue weighted by atomic mass is 32.2. The number of phenols is 1. The molecule has 0 unspecified atom stereocenters. The minimum Gasteiger partial charge on any atom is -0.506 e. The van der Waals surface area contributed by atoms with Crippen LogP contribution in [-0.4, -0.2) is 18.1 Å². The molecule has 0 saturated heterocycles. The van der Waals surface area contributed by atoms with Crippen molar-refractivity contribution in [3.05, 3.63) is 30.7 Å². The molecule has 12 heavy (non-hydrogen) atoms. The summed E-state index contributed by atoms with van der Waals surface area (Å²) >= 11 is 0. The lowest BCUT2D eigenvalue weighted by molar-refractivity contribution is 0.443. The van der Waals surface area contributed by atoms with E-state index >= 15 is 0 Å². The molecule has 0 atom stereocenters. The summed E-state index contributed by atoms with van der Waals surface area (Å²) in [6, 6.07) is 3.68. The van der Waals surface area contributed by atoms with Gasteiger partial charge in [0.2, 0.25) is 0 Å². The Morgan fingerprint density at radius 3 is 2.33 bits per heavy atom. The van der Waals surface area contributed by atoms with E-state index in [0.29, 0.717) is 5.56 Å². The summed E-state index contributed by atoms with van der Waals surface area (Å²) in [6.07, 6.45) is 0. The molecule has 0 aliphatic carbocycles. The van der Waals surface area contributed by atoms with Gasteiger partial charge in [0.1, 0.15) is 10.6 Å². The summed E-state index contributed by atoms with van der Waals surface area (Å²) in [4.78, 5) is -0.519. The van der Waals surface area contributed by atoms with Crippen LogP contribution in [0.25, 0.3) is 0 Å². The Bertz CT molecular complexity index is 394. The molecule has 65 valence electrons. The van der Waals surface area contributed by atoms with Crippen molar-refractivity contribution in [2.45, 2.75) is 4.90 Å². The van der Waals surface area contributed by atoms with Crippen molar-refractivity contribution < 1.29 is 18.1 Å². The molecular weight excluding hydrogens is 180 g/mol. The Labute approximate surface area is 70.2 Å². The molecule has 0 amide bonds. The molecule has 1 aromatic carbocycles. The first kappa shape index (κ1) is 9.02. The van der Waals surface area contributed by atoms with Crippen LogP contribution in [0.5, 0.6) is 5.75 Å². The zero-order valence-corrected chi connectivity index (χ0v) is 6.87. The minimum atomic E-state index is -4.35. The van der Waals surface area contributed by atoms with Gasteiger partial charge in [-0.1, -0.05) is 6.07 Å². The van der Waals surface area contributed by atoms with Crippen LogP contribution in [0.1, 0.15) is 5.56 Å². The van der Waals surface area contributed by atoms with E-state index in [0.717, 1.165) is 12.1 Å². The second-order valence-corrected chi connectivity index (χ2v) is 3.67. The fourth-order valence-electron chi connectivity index (χ4n) is 0.765. The van der Waals surface area contributed by atoms with Gasteiger partial charge in [-0.15, -0.1) is 0 Å². The van der Waals surface area contributed by atoms with E-state index in [4.69, 9.17) is 9.66 Å². The molecule has 5 heteroatoms. The summed E-state index contributed by atoms with van der Waals surface area (Å²) in [7, 11) is -4.35. The molecule has 1 radical (unpaired) electrons. The van der Waals surface area contributed by atoms with Gasteiger partial charge in [0, 0.05) is 0 Å². The second kappa shape index (κ2) is 2.76. The maximum absolute atomic E-state index is 10.6. The average Bonchev–Trinajstić information content (AvgIpc) is 1.92. The van der Waals surface area contributed by atoms with E-state index in [1.54, 1.807) is 0 Å². The largest absolute Gasteiger partial charge is 0.506 e. The third-order valence-corrected chi connectivity index (χ3v) is 2.18. The first-order chi connectivity index (χ1) is 5.41. The molecule has 0 fully saturated rings. The number of phenolic OH excluding ortho intramolecular Hbond substituents is 1. The van der Waals surface area contributed by atoms with Gasteiger partial charge in [-0.3, -0.25) is 4.55 Å². The Kier molecular flexibility index (Phi) is 2.08. The predicted molar refractivity (Wildman–Crippen MR) is 42.4 cm³/mol. The lowest BCUT2D eigenvalue weighted by Crippen LogP contribution is -1.98. The van der Waals surface area contributed by atoms with Gasteiger partial charge in [-0.05, 0) is 24.6 Å². The summed E-state index contributed by atoms with van der Waals surface area (Å²) in [6.45, 7) is 3.45. The van der Waals surface area contributed by atoms with Gasteiger partial charge in [-0.2, -0.15) is 8.42 Å². The number of hydrogen-bond acceptors (Lipinski definition) is 3. The average molecular weight is 187 g/mol. The Morgan fingerprint density at radius 2 is 1.92 bits per heavy atom. The highest BCUT2D eigenvalue weighted by Crippen LogP contribution is 2.22. The lowest BCUT2D eigenvalue weighted by atomic mass is 10.2. The summed E-state index contributed by atoms with van der Waals surface area (Å²) < 4.78 is 29.7. The fraction of sp³-hybridized carbons (Fsp3) is 0. The van der Waals surface area contributed by atoms with Crippen molar-refractivity contribution in [2.75, 3.05) is 0 Å². The molecule has 1 rings (SSSR count). The highest BCUT2D eigenvalue weighted by Gasteiger charge is 2.14. The SMILES string of the molecule is [CH2]c1ccc(O)c(S(=O)(=O)O)c1. The van der Waals surface area contributed by atoms with Crippen LogP contribution in [0.3, 0.4) is 0 Å². The van der Waals surface area contributed by atoms with E-state index in [1.807, 2.05) is 0 Å². The van der Waals surface area contributed by atoms with Crippen LogP contribution in [-0.2, 0) is 10.1 Å². The Balaban J connectivity index is 3.43. The van der Waals surface area contributed by atoms with Crippen molar-refractivity contribution in [2.24, 2.45) is 0 Å². The van der Waals surface area contributed by atoms with E-state index in [9.17, 15) is 8.42 Å². The Morgan fingerprint density at radius 1 is 1.33 bits per heavy atom. The van der Waals surface area contributed by atoms with Crippen LogP contribution in [0.2, 0.25) is 0 Å². The third-order valence-electron chi connectivity index (χ3n) is 1.30. The molecule has 4 nitrogen and oxygen atoms in total. The van der Waals surface area contributed by atoms with Gasteiger partial charge in [-0.25, -0.2) is 0 Å². The van der Waals surface area contributed by atoms with Crippen LogP contribution >= 0.6 is 0 Å². The zero-order valence-electron chi connectivity index (χ0n) is 6.06. The topological polar surface area (TPSA) is 74.6 Å². The second-order valence-electron chi connectivity index (χ2n) is 2.28. The molecule has 0 aromatic heterocycles. The molecular formula is C7H7O4S. The molecule has 0 spiro atoms. The third kappa shape index (κ3) is 1.75. The number of hydrogen-bond donors (Lipinski definition) is 2. The van der Waals surface area contributed by atoms with Crippen LogP contribution < -0.4 is 0 Å². The van der Waals surface area contributed by atoms with Gasteiger partial charge in [0.15, 0.2) is 0 Å². The molecule has 2 N–H and O–H groups in total. The molecule has 0 heterocycles. The molecule has 0 aliphatic heterocycles. The summed E-state index contributed by atoms with van der Waals surface area (Å²) in [5, 5.41) is 9.00. The standard InChI is InChI=1S/C7H7O4S/c1-5-2-3-6(8)7(4-5)12(9,10)11/h2-4,8H,1H2,(H,9,10,11). The number of aromatic hydroxyl groups is 1. The van der Waals surface area contributed by atoms with Gasteiger partial charge in [0.25, 0.3) is 10.1 Å².